The third-order valence-corrected chi connectivity index (χ3v) is 5.47. The van der Waals surface area contributed by atoms with Crippen LogP contribution in [0.4, 0.5) is 4.79 Å². The van der Waals surface area contributed by atoms with Crippen molar-refractivity contribution >= 4 is 6.09 Å². The van der Waals surface area contributed by atoms with Crippen LogP contribution in [0, 0.1) is 0 Å². The van der Waals surface area contributed by atoms with E-state index < -0.39 is 11.6 Å². The highest BCUT2D eigenvalue weighted by Gasteiger charge is 2.40. The van der Waals surface area contributed by atoms with Crippen molar-refractivity contribution in [2.45, 2.75) is 12.1 Å². The second-order valence-corrected chi connectivity index (χ2v) is 7.46. The molecule has 0 unspecified atom stereocenters. The van der Waals surface area contributed by atoms with Gasteiger partial charge in [-0.25, -0.2) is 14.3 Å². The Bertz CT molecular complexity index is 1220. The first-order valence-electron chi connectivity index (χ1n) is 10.5. The molecule has 0 spiro atoms. The van der Waals surface area contributed by atoms with Crippen molar-refractivity contribution in [3.05, 3.63) is 138 Å². The number of nitrogens with zero attached hydrogens (tertiary/aromatic N) is 5. The number of hydrogen-bond acceptors (Lipinski definition) is 5. The smallest absolute Gasteiger partial charge is 0.419 e. The number of benzene rings is 3. The van der Waals surface area contributed by atoms with Crippen LogP contribution in [-0.2, 0) is 16.9 Å². The summed E-state index contributed by atoms with van der Waals surface area (Å²) in [6, 6.07) is 30.4. The summed E-state index contributed by atoms with van der Waals surface area (Å²) in [5, 5.41) is 9.42. The Hall–Kier alpha value is -4.52. The lowest BCUT2D eigenvalue weighted by Gasteiger charge is -2.34. The van der Waals surface area contributed by atoms with E-state index in [1.165, 1.54) is 23.3 Å². The molecule has 0 saturated carbocycles. The van der Waals surface area contributed by atoms with E-state index in [1.54, 1.807) is 11.0 Å². The van der Waals surface area contributed by atoms with Crippen LogP contribution >= 0.6 is 0 Å². The van der Waals surface area contributed by atoms with Gasteiger partial charge in [0, 0.05) is 12.4 Å². The first kappa shape index (κ1) is 20.4. The molecule has 0 radical (unpaired) electrons. The summed E-state index contributed by atoms with van der Waals surface area (Å²) in [5.74, 6) is 0. The molecule has 0 amide bonds. The highest BCUT2D eigenvalue weighted by atomic mass is 16.5. The molecule has 2 aromatic heterocycles. The Balaban J connectivity index is 1.61. The van der Waals surface area contributed by atoms with Crippen LogP contribution in [0.1, 0.15) is 22.4 Å². The lowest BCUT2D eigenvalue weighted by atomic mass is 9.77. The minimum absolute atomic E-state index is 0.00847. The molecule has 0 N–H and O–H groups in total. The number of carbonyl (C=O) groups excluding carboxylic acids is 1. The maximum absolute atomic E-state index is 12.2. The van der Waals surface area contributed by atoms with Crippen molar-refractivity contribution in [3.63, 3.8) is 0 Å². The number of hydrogen-bond donors (Lipinski definition) is 0. The van der Waals surface area contributed by atoms with Crippen molar-refractivity contribution in [1.29, 1.82) is 0 Å². The van der Waals surface area contributed by atoms with E-state index >= 15 is 0 Å². The third kappa shape index (κ3) is 3.80. The molecular weight excluding hydrogens is 414 g/mol. The second-order valence-electron chi connectivity index (χ2n) is 7.46. The van der Waals surface area contributed by atoms with Gasteiger partial charge < -0.3 is 4.74 Å². The minimum Gasteiger partial charge on any atom is -0.442 e. The molecule has 0 aliphatic carbocycles. The lowest BCUT2D eigenvalue weighted by Crippen LogP contribution is -2.39. The van der Waals surface area contributed by atoms with Crippen LogP contribution in [0.25, 0.3) is 0 Å². The topological polar surface area (TPSA) is 74.8 Å². The molecule has 5 rings (SSSR count). The fourth-order valence-corrected chi connectivity index (χ4v) is 3.98. The monoisotopic (exact) mass is 435 g/mol. The molecule has 0 saturated heterocycles. The summed E-state index contributed by atoms with van der Waals surface area (Å²) in [5.41, 5.74) is 2.77. The Labute approximate surface area is 190 Å². The van der Waals surface area contributed by atoms with Crippen LogP contribution in [0.2, 0.25) is 0 Å². The fourth-order valence-electron chi connectivity index (χ4n) is 3.98. The van der Waals surface area contributed by atoms with E-state index in [9.17, 15) is 4.79 Å². The normalized spacial score (nSPS) is 11.3. The predicted molar refractivity (Wildman–Crippen MR) is 122 cm³/mol. The zero-order valence-electron chi connectivity index (χ0n) is 17.7. The standard InChI is InChI=1S/C26H21N5O2/c32-25(30-17-16-27-20-30)33-19-24-18-28-31(29-24)26(21-10-4-1-5-11-21,22-12-6-2-7-13-22)23-14-8-3-9-15-23/h1-18,20H,19H2. The number of imidazole rings is 1. The molecule has 162 valence electrons. The molecule has 7 nitrogen and oxygen atoms in total. The first-order valence-corrected chi connectivity index (χ1v) is 10.5. The first-order chi connectivity index (χ1) is 16.3. The molecule has 0 aliphatic rings. The van der Waals surface area contributed by atoms with E-state index in [2.05, 4.69) is 46.5 Å². The van der Waals surface area contributed by atoms with Gasteiger partial charge in [0.2, 0.25) is 0 Å². The minimum atomic E-state index is -0.809. The van der Waals surface area contributed by atoms with Gasteiger partial charge in [-0.05, 0) is 16.7 Å². The second kappa shape index (κ2) is 8.92. The van der Waals surface area contributed by atoms with Gasteiger partial charge in [-0.2, -0.15) is 15.0 Å². The molecule has 5 aromatic rings. The van der Waals surface area contributed by atoms with Gasteiger partial charge in [0.1, 0.15) is 18.6 Å². The van der Waals surface area contributed by atoms with Crippen molar-refractivity contribution in [2.75, 3.05) is 0 Å². The third-order valence-electron chi connectivity index (χ3n) is 5.47. The quantitative estimate of drug-likeness (QED) is 0.367. The predicted octanol–water partition coefficient (Wildman–Crippen LogP) is 4.50. The summed E-state index contributed by atoms with van der Waals surface area (Å²) in [6.07, 6.45) is 5.55. The van der Waals surface area contributed by atoms with Gasteiger partial charge >= 0.3 is 6.09 Å². The fraction of sp³-hybridized carbons (Fsp3) is 0.0769. The molecule has 0 fully saturated rings. The Morgan fingerprint density at radius 2 is 1.36 bits per heavy atom. The van der Waals surface area contributed by atoms with E-state index in [0.717, 1.165) is 16.7 Å². The summed E-state index contributed by atoms with van der Waals surface area (Å²) in [4.78, 5) is 17.8. The van der Waals surface area contributed by atoms with Gasteiger partial charge in [0.15, 0.2) is 5.54 Å². The molecule has 0 atom stereocenters. The summed E-state index contributed by atoms with van der Waals surface area (Å²) in [6.45, 7) is -0.00847. The zero-order valence-corrected chi connectivity index (χ0v) is 17.7. The van der Waals surface area contributed by atoms with Crippen molar-refractivity contribution in [1.82, 2.24) is 24.5 Å². The highest BCUT2D eigenvalue weighted by molar-refractivity contribution is 5.69. The van der Waals surface area contributed by atoms with Crippen LogP contribution in [-0.4, -0.2) is 30.6 Å². The zero-order chi connectivity index (χ0) is 22.5. The van der Waals surface area contributed by atoms with Crippen LogP contribution in [0.5, 0.6) is 0 Å². The molecule has 0 aliphatic heterocycles. The van der Waals surface area contributed by atoms with E-state index in [0.29, 0.717) is 5.69 Å². The Kier molecular flexibility index (Phi) is 5.51. The van der Waals surface area contributed by atoms with Gasteiger partial charge in [-0.1, -0.05) is 91.0 Å². The molecule has 0 bridgehead atoms. The summed E-state index contributed by atoms with van der Waals surface area (Å²) >= 11 is 0. The average molecular weight is 435 g/mol. The molecule has 3 aromatic carbocycles. The van der Waals surface area contributed by atoms with Gasteiger partial charge in [0.25, 0.3) is 0 Å². The lowest BCUT2D eigenvalue weighted by molar-refractivity contribution is 0.139. The van der Waals surface area contributed by atoms with Crippen LogP contribution < -0.4 is 0 Å². The van der Waals surface area contributed by atoms with Gasteiger partial charge in [-0.3, -0.25) is 0 Å². The molecule has 2 heterocycles. The maximum Gasteiger partial charge on any atom is 0.419 e. The summed E-state index contributed by atoms with van der Waals surface area (Å²) in [7, 11) is 0. The SMILES string of the molecule is O=C(OCc1cnn(C(c2ccccc2)(c2ccccc2)c2ccccc2)n1)n1ccnc1. The Morgan fingerprint density at radius 1 is 0.818 bits per heavy atom. The van der Waals surface area contributed by atoms with Crippen LogP contribution in [0.15, 0.2) is 116 Å². The van der Waals surface area contributed by atoms with Gasteiger partial charge in [0.05, 0.1) is 6.20 Å². The van der Waals surface area contributed by atoms with Crippen LogP contribution in [0.3, 0.4) is 0 Å². The van der Waals surface area contributed by atoms with E-state index in [1.807, 2.05) is 54.6 Å². The van der Waals surface area contributed by atoms with Gasteiger partial charge in [-0.15, -0.1) is 0 Å². The van der Waals surface area contributed by atoms with Crippen molar-refractivity contribution in [3.8, 4) is 0 Å². The largest absolute Gasteiger partial charge is 0.442 e. The molecule has 33 heavy (non-hydrogen) atoms. The summed E-state index contributed by atoms with van der Waals surface area (Å²) < 4.78 is 6.65. The average Bonchev–Trinajstić information content (AvgIpc) is 3.59. The van der Waals surface area contributed by atoms with E-state index in [-0.39, 0.29) is 6.61 Å². The maximum atomic E-state index is 12.2. The highest BCUT2D eigenvalue weighted by Crippen LogP contribution is 2.39. The van der Waals surface area contributed by atoms with Crippen molar-refractivity contribution < 1.29 is 9.53 Å². The Morgan fingerprint density at radius 3 is 1.85 bits per heavy atom. The molecular formula is C26H21N5O2. The number of ether oxygens (including phenoxy) is 1. The number of carbonyl (C=O) groups is 1. The number of aromatic nitrogens is 5. The molecule has 7 heteroatoms. The van der Waals surface area contributed by atoms with E-state index in [4.69, 9.17) is 9.84 Å². The number of rotatable bonds is 6. The van der Waals surface area contributed by atoms with Crippen molar-refractivity contribution in [2.24, 2.45) is 0 Å².